The van der Waals surface area contributed by atoms with Crippen molar-refractivity contribution >= 4 is 20.9 Å². The smallest absolute Gasteiger partial charge is 0.304 e. The third-order valence-electron chi connectivity index (χ3n) is 2.76. The van der Waals surface area contributed by atoms with Gasteiger partial charge in [-0.3, -0.25) is 0 Å². The molecule has 1 aliphatic rings. The second-order valence-electron chi connectivity index (χ2n) is 4.65. The summed E-state index contributed by atoms with van der Waals surface area (Å²) in [5.41, 5.74) is 0. The molecule has 94 valence electrons. The van der Waals surface area contributed by atoms with E-state index < -0.39 is 15.9 Å². The highest BCUT2D eigenvalue weighted by Gasteiger charge is 2.39. The van der Waals surface area contributed by atoms with Crippen molar-refractivity contribution in [1.82, 2.24) is 0 Å². The van der Waals surface area contributed by atoms with Gasteiger partial charge in [0.15, 0.2) is 0 Å². The number of fused-ring (bicyclic) bond motifs is 3. The first kappa shape index (κ1) is 11.5. The molecule has 5 heteroatoms. The van der Waals surface area contributed by atoms with E-state index in [-0.39, 0.29) is 4.90 Å². The summed E-state index contributed by atoms with van der Waals surface area (Å²) in [6.07, 6.45) is 0. The third kappa shape index (κ3) is 1.67. The molecule has 0 fully saturated rings. The topological polar surface area (TPSA) is 52.6 Å². The van der Waals surface area contributed by atoms with Gasteiger partial charge in [-0.15, -0.1) is 0 Å². The van der Waals surface area contributed by atoms with E-state index in [9.17, 15) is 8.42 Å². The van der Waals surface area contributed by atoms with Gasteiger partial charge in [-0.05, 0) is 11.5 Å². The summed E-state index contributed by atoms with van der Waals surface area (Å²) in [6, 6.07) is 10.7. The Morgan fingerprint density at radius 2 is 1.78 bits per heavy atom. The molecule has 3 rings (SSSR count). The first-order valence-corrected chi connectivity index (χ1v) is 6.96. The average Bonchev–Trinajstić information content (AvgIpc) is 2.25. The summed E-state index contributed by atoms with van der Waals surface area (Å²) >= 11 is 0. The molecule has 0 bridgehead atoms. The Bertz CT molecular complexity index is 732. The monoisotopic (exact) mass is 264 g/mol. The Labute approximate surface area is 105 Å². The summed E-state index contributed by atoms with van der Waals surface area (Å²) in [5, 5.41) is 1.46. The van der Waals surface area contributed by atoms with Crippen LogP contribution >= 0.6 is 0 Å². The van der Waals surface area contributed by atoms with E-state index in [4.69, 9.17) is 8.92 Å². The van der Waals surface area contributed by atoms with Gasteiger partial charge < -0.3 is 4.74 Å². The number of ether oxygens (including phenoxy) is 1. The molecule has 18 heavy (non-hydrogen) atoms. The van der Waals surface area contributed by atoms with Crippen molar-refractivity contribution in [2.75, 3.05) is 0 Å². The number of hydrogen-bond donors (Lipinski definition) is 0. The molecule has 1 heterocycles. The predicted molar refractivity (Wildman–Crippen MR) is 66.9 cm³/mol. The molecular formula is C13H12O4S. The fourth-order valence-corrected chi connectivity index (χ4v) is 3.61. The third-order valence-corrected chi connectivity index (χ3v) is 4.30. The highest BCUT2D eigenvalue weighted by atomic mass is 32.2. The quantitative estimate of drug-likeness (QED) is 0.686. The second-order valence-corrected chi connectivity index (χ2v) is 6.14. The molecule has 0 saturated heterocycles. The molecule has 1 aliphatic heterocycles. The fraction of sp³-hybridized carbons (Fsp3) is 0.231. The molecule has 0 unspecified atom stereocenters. The maximum atomic E-state index is 12.2. The van der Waals surface area contributed by atoms with Gasteiger partial charge in [-0.1, -0.05) is 30.3 Å². The van der Waals surface area contributed by atoms with Crippen LogP contribution in [0.3, 0.4) is 0 Å². The van der Waals surface area contributed by atoms with E-state index >= 15 is 0 Å². The summed E-state index contributed by atoms with van der Waals surface area (Å²) in [6.45, 7) is 3.14. The van der Waals surface area contributed by atoms with Gasteiger partial charge in [0.2, 0.25) is 5.79 Å². The van der Waals surface area contributed by atoms with Gasteiger partial charge in [0.1, 0.15) is 10.6 Å². The van der Waals surface area contributed by atoms with Crippen molar-refractivity contribution in [3.05, 3.63) is 36.4 Å². The van der Waals surface area contributed by atoms with Gasteiger partial charge >= 0.3 is 10.1 Å². The van der Waals surface area contributed by atoms with E-state index in [0.717, 1.165) is 5.39 Å². The van der Waals surface area contributed by atoms with Crippen molar-refractivity contribution in [1.29, 1.82) is 0 Å². The Morgan fingerprint density at radius 3 is 2.56 bits per heavy atom. The minimum atomic E-state index is -3.80. The van der Waals surface area contributed by atoms with E-state index in [1.807, 2.05) is 18.2 Å². The highest BCUT2D eigenvalue weighted by Crippen LogP contribution is 2.40. The van der Waals surface area contributed by atoms with Crippen molar-refractivity contribution < 1.29 is 17.3 Å². The first-order valence-electron chi connectivity index (χ1n) is 5.55. The predicted octanol–water partition coefficient (Wildman–Crippen LogP) is 2.67. The van der Waals surface area contributed by atoms with E-state index in [1.54, 1.807) is 32.0 Å². The van der Waals surface area contributed by atoms with Crippen LogP contribution < -0.4 is 4.74 Å². The largest absolute Gasteiger partial charge is 0.460 e. The van der Waals surface area contributed by atoms with Crippen molar-refractivity contribution in [3.63, 3.8) is 0 Å². The molecule has 4 nitrogen and oxygen atoms in total. The van der Waals surface area contributed by atoms with E-state index in [2.05, 4.69) is 0 Å². The Balaban J connectivity index is 2.41. The van der Waals surface area contributed by atoms with Crippen LogP contribution in [-0.2, 0) is 14.3 Å². The summed E-state index contributed by atoms with van der Waals surface area (Å²) < 4.78 is 35.0. The number of benzene rings is 2. The zero-order valence-electron chi connectivity index (χ0n) is 10.0. The lowest BCUT2D eigenvalue weighted by Gasteiger charge is -2.31. The summed E-state index contributed by atoms with van der Waals surface area (Å²) in [5.74, 6) is -0.834. The molecule has 0 atom stereocenters. The highest BCUT2D eigenvalue weighted by molar-refractivity contribution is 7.87. The van der Waals surface area contributed by atoms with Gasteiger partial charge in [-0.2, -0.15) is 8.42 Å². The van der Waals surface area contributed by atoms with Crippen molar-refractivity contribution in [3.8, 4) is 5.75 Å². The second kappa shape index (κ2) is 3.46. The van der Waals surface area contributed by atoms with Crippen LogP contribution in [-0.4, -0.2) is 14.2 Å². The molecule has 0 amide bonds. The molecule has 0 N–H and O–H groups in total. The first-order chi connectivity index (χ1) is 8.39. The van der Waals surface area contributed by atoms with E-state index in [1.165, 1.54) is 0 Å². The maximum Gasteiger partial charge on any atom is 0.304 e. The lowest BCUT2D eigenvalue weighted by atomic mass is 10.1. The molecular weight excluding hydrogens is 252 g/mol. The van der Waals surface area contributed by atoms with Gasteiger partial charge in [0.05, 0.1) is 0 Å². The minimum absolute atomic E-state index is 0.111. The van der Waals surface area contributed by atoms with Gasteiger partial charge in [0.25, 0.3) is 0 Å². The fourth-order valence-electron chi connectivity index (χ4n) is 2.15. The van der Waals surface area contributed by atoms with Crippen LogP contribution in [0, 0.1) is 0 Å². The van der Waals surface area contributed by atoms with Crippen LogP contribution in [0.4, 0.5) is 0 Å². The van der Waals surface area contributed by atoms with Crippen LogP contribution in [0.15, 0.2) is 41.3 Å². The van der Waals surface area contributed by atoms with Crippen LogP contribution in [0.5, 0.6) is 5.75 Å². The minimum Gasteiger partial charge on any atom is -0.460 e. The lowest BCUT2D eigenvalue weighted by Crippen LogP contribution is -2.38. The van der Waals surface area contributed by atoms with Gasteiger partial charge in [0, 0.05) is 19.2 Å². The SMILES string of the molecule is CC1(C)Oc2ccc3ccccc3c2S(=O)(=O)O1. The Kier molecular flexibility index (Phi) is 2.21. The molecule has 0 spiro atoms. The number of hydrogen-bond acceptors (Lipinski definition) is 4. The molecule has 0 aromatic heterocycles. The summed E-state index contributed by atoms with van der Waals surface area (Å²) in [4.78, 5) is 0.111. The molecule has 2 aromatic carbocycles. The van der Waals surface area contributed by atoms with Crippen LogP contribution in [0.25, 0.3) is 10.8 Å². The van der Waals surface area contributed by atoms with Crippen LogP contribution in [0.2, 0.25) is 0 Å². The zero-order valence-corrected chi connectivity index (χ0v) is 10.8. The Morgan fingerprint density at radius 1 is 1.06 bits per heavy atom. The normalized spacial score (nSPS) is 20.1. The standard InChI is InChI=1S/C13H12O4S/c1-13(2)16-11-8-7-9-5-3-4-6-10(9)12(11)18(14,15)17-13/h3-8H,1-2H3. The van der Waals surface area contributed by atoms with Crippen LogP contribution in [0.1, 0.15) is 13.8 Å². The summed E-state index contributed by atoms with van der Waals surface area (Å²) in [7, 11) is -3.80. The lowest BCUT2D eigenvalue weighted by molar-refractivity contribution is -0.0864. The van der Waals surface area contributed by atoms with E-state index in [0.29, 0.717) is 11.1 Å². The molecule has 0 aliphatic carbocycles. The molecule has 0 radical (unpaired) electrons. The van der Waals surface area contributed by atoms with Crippen molar-refractivity contribution in [2.24, 2.45) is 0 Å². The number of rotatable bonds is 0. The average molecular weight is 264 g/mol. The molecule has 0 saturated carbocycles. The molecule has 2 aromatic rings. The van der Waals surface area contributed by atoms with Crippen molar-refractivity contribution in [2.45, 2.75) is 24.5 Å². The maximum absolute atomic E-state index is 12.2. The Hall–Kier alpha value is -1.59. The zero-order chi connectivity index (χ0) is 13.0. The van der Waals surface area contributed by atoms with Gasteiger partial charge in [-0.25, -0.2) is 4.18 Å².